The van der Waals surface area contributed by atoms with Crippen molar-refractivity contribution in [3.63, 3.8) is 0 Å². The highest BCUT2D eigenvalue weighted by atomic mass is 32.2. The van der Waals surface area contributed by atoms with Crippen molar-refractivity contribution in [2.75, 3.05) is 6.54 Å². The summed E-state index contributed by atoms with van der Waals surface area (Å²) in [5, 5.41) is 3.80. The minimum Gasteiger partial charge on any atom is -0.338 e. The van der Waals surface area contributed by atoms with Gasteiger partial charge in [-0.2, -0.15) is 9.29 Å². The molecule has 0 unspecified atom stereocenters. The molecule has 1 aliphatic heterocycles. The molecular weight excluding hydrogens is 383 g/mol. The molecule has 0 spiro atoms. The zero-order chi connectivity index (χ0) is 19.7. The van der Waals surface area contributed by atoms with Gasteiger partial charge in [-0.05, 0) is 42.2 Å². The molecule has 0 aliphatic carbocycles. The molecule has 28 heavy (non-hydrogen) atoms. The maximum atomic E-state index is 13.3. The van der Waals surface area contributed by atoms with E-state index in [9.17, 15) is 12.8 Å². The van der Waals surface area contributed by atoms with Crippen LogP contribution in [0.5, 0.6) is 0 Å². The van der Waals surface area contributed by atoms with Gasteiger partial charge in [-0.3, -0.25) is 0 Å². The lowest BCUT2D eigenvalue weighted by molar-refractivity contribution is 0.289. The molecule has 9 heteroatoms. The van der Waals surface area contributed by atoms with E-state index in [4.69, 9.17) is 10.3 Å². The summed E-state index contributed by atoms with van der Waals surface area (Å²) in [6, 6.07) is 13.8. The molecule has 7 nitrogen and oxygen atoms in total. The molecule has 1 aliphatic rings. The van der Waals surface area contributed by atoms with Crippen LogP contribution in [0.2, 0.25) is 0 Å². The fourth-order valence-electron chi connectivity index (χ4n) is 3.49. The molecule has 1 fully saturated rings. The minimum atomic E-state index is -3.88. The Hall–Kier alpha value is -2.62. The summed E-state index contributed by atoms with van der Waals surface area (Å²) in [4.78, 5) is 4.26. The fraction of sp³-hybridized carbons (Fsp3) is 0.263. The third kappa shape index (κ3) is 3.44. The molecule has 2 aromatic carbocycles. The summed E-state index contributed by atoms with van der Waals surface area (Å²) in [7, 11) is -3.88. The largest absolute Gasteiger partial charge is 0.338 e. The molecule has 2 N–H and O–H groups in total. The summed E-state index contributed by atoms with van der Waals surface area (Å²) in [5.41, 5.74) is 6.58. The second kappa shape index (κ2) is 7.42. The second-order valence-electron chi connectivity index (χ2n) is 6.64. The van der Waals surface area contributed by atoms with E-state index in [-0.39, 0.29) is 29.8 Å². The van der Waals surface area contributed by atoms with Gasteiger partial charge in [0.1, 0.15) is 11.9 Å². The summed E-state index contributed by atoms with van der Waals surface area (Å²) in [6.07, 6.45) is 0.497. The molecule has 3 aromatic rings. The Bertz CT molecular complexity index is 1050. The highest BCUT2D eigenvalue weighted by molar-refractivity contribution is 7.89. The van der Waals surface area contributed by atoms with E-state index < -0.39 is 21.9 Å². The Morgan fingerprint density at radius 3 is 2.50 bits per heavy atom. The van der Waals surface area contributed by atoms with Crippen molar-refractivity contribution in [2.24, 2.45) is 5.73 Å². The zero-order valence-electron chi connectivity index (χ0n) is 14.9. The van der Waals surface area contributed by atoms with Crippen LogP contribution in [-0.4, -0.2) is 29.4 Å². The Kier molecular flexibility index (Phi) is 4.96. The van der Waals surface area contributed by atoms with Crippen LogP contribution < -0.4 is 5.73 Å². The van der Waals surface area contributed by atoms with E-state index in [0.717, 1.165) is 17.7 Å². The Morgan fingerprint density at radius 2 is 1.86 bits per heavy atom. The van der Waals surface area contributed by atoms with Gasteiger partial charge < -0.3 is 10.3 Å². The van der Waals surface area contributed by atoms with E-state index >= 15 is 0 Å². The van der Waals surface area contributed by atoms with Crippen LogP contribution >= 0.6 is 0 Å². The predicted molar refractivity (Wildman–Crippen MR) is 99.0 cm³/mol. The fourth-order valence-corrected chi connectivity index (χ4v) is 5.13. The van der Waals surface area contributed by atoms with Crippen LogP contribution in [0, 0.1) is 5.82 Å². The Labute approximate surface area is 162 Å². The number of nitrogens with two attached hydrogens (primary N) is 1. The summed E-state index contributed by atoms with van der Waals surface area (Å²) in [6.45, 7) is 0.359. The van der Waals surface area contributed by atoms with Crippen LogP contribution in [0.1, 0.15) is 35.7 Å². The molecule has 0 bridgehead atoms. The van der Waals surface area contributed by atoms with Gasteiger partial charge in [0.25, 0.3) is 0 Å². The number of sulfonamides is 1. The highest BCUT2D eigenvalue weighted by Crippen LogP contribution is 2.43. The number of hydrogen-bond acceptors (Lipinski definition) is 6. The molecule has 1 aromatic heterocycles. The van der Waals surface area contributed by atoms with Crippen molar-refractivity contribution in [3.05, 3.63) is 77.7 Å². The van der Waals surface area contributed by atoms with Crippen LogP contribution in [0.4, 0.5) is 4.39 Å². The van der Waals surface area contributed by atoms with Gasteiger partial charge in [0, 0.05) is 6.54 Å². The van der Waals surface area contributed by atoms with Crippen LogP contribution in [0.3, 0.4) is 0 Å². The highest BCUT2D eigenvalue weighted by Gasteiger charge is 2.44. The van der Waals surface area contributed by atoms with Crippen molar-refractivity contribution in [2.45, 2.75) is 29.8 Å². The summed E-state index contributed by atoms with van der Waals surface area (Å²) in [5.74, 6) is 0.0000758. The standard InChI is InChI=1S/C19H19FN4O3S/c20-15-6-8-16(9-7-15)28(25,26)24-12-14(13-4-2-1-3-5-13)10-17(24)19-22-18(11-21)23-27-19/h1-9,14,17H,10-12,21H2/t14-,17+/m1/s1. The maximum Gasteiger partial charge on any atom is 0.245 e. The van der Waals surface area contributed by atoms with Crippen LogP contribution in [0.15, 0.2) is 64.0 Å². The molecule has 2 heterocycles. The number of hydrogen-bond donors (Lipinski definition) is 1. The normalized spacial score (nSPS) is 20.5. The topological polar surface area (TPSA) is 102 Å². The molecule has 146 valence electrons. The monoisotopic (exact) mass is 402 g/mol. The van der Waals surface area contributed by atoms with Gasteiger partial charge in [-0.1, -0.05) is 35.5 Å². The molecule has 4 rings (SSSR count). The Balaban J connectivity index is 1.73. The van der Waals surface area contributed by atoms with Crippen LogP contribution in [-0.2, 0) is 16.6 Å². The smallest absolute Gasteiger partial charge is 0.245 e. The average Bonchev–Trinajstić information content (AvgIpc) is 3.36. The number of halogens is 1. The third-order valence-corrected chi connectivity index (χ3v) is 6.79. The predicted octanol–water partition coefficient (Wildman–Crippen LogP) is 2.59. The molecular formula is C19H19FN4O3S. The SMILES string of the molecule is NCc1noc([C@@H]2C[C@@H](c3ccccc3)CN2S(=O)(=O)c2ccc(F)cc2)n1. The van der Waals surface area contributed by atoms with E-state index in [1.165, 1.54) is 16.4 Å². The first kappa shape index (κ1) is 18.7. The summed E-state index contributed by atoms with van der Waals surface area (Å²) < 4.78 is 46.5. The van der Waals surface area contributed by atoms with Crippen molar-refractivity contribution in [1.82, 2.24) is 14.4 Å². The number of nitrogens with zero attached hydrogens (tertiary/aromatic N) is 3. The Morgan fingerprint density at radius 1 is 1.14 bits per heavy atom. The van der Waals surface area contributed by atoms with Gasteiger partial charge >= 0.3 is 0 Å². The van der Waals surface area contributed by atoms with Crippen molar-refractivity contribution < 1.29 is 17.3 Å². The van der Waals surface area contributed by atoms with E-state index in [2.05, 4.69) is 10.1 Å². The quantitative estimate of drug-likeness (QED) is 0.704. The molecule has 2 atom stereocenters. The van der Waals surface area contributed by atoms with Crippen LogP contribution in [0.25, 0.3) is 0 Å². The van der Waals surface area contributed by atoms with Crippen molar-refractivity contribution in [3.8, 4) is 0 Å². The van der Waals surface area contributed by atoms with Crippen molar-refractivity contribution >= 4 is 10.0 Å². The number of rotatable bonds is 5. The van der Waals surface area contributed by atoms with E-state index in [1.807, 2.05) is 30.3 Å². The number of aromatic nitrogens is 2. The molecule has 0 radical (unpaired) electrons. The average molecular weight is 402 g/mol. The lowest BCUT2D eigenvalue weighted by Crippen LogP contribution is -2.31. The lowest BCUT2D eigenvalue weighted by atomic mass is 9.96. The summed E-state index contributed by atoms with van der Waals surface area (Å²) >= 11 is 0. The minimum absolute atomic E-state index is 0.0196. The van der Waals surface area contributed by atoms with Gasteiger partial charge in [-0.25, -0.2) is 12.8 Å². The van der Waals surface area contributed by atoms with E-state index in [1.54, 1.807) is 0 Å². The second-order valence-corrected chi connectivity index (χ2v) is 8.53. The first-order valence-corrected chi connectivity index (χ1v) is 10.3. The third-order valence-electron chi connectivity index (χ3n) is 4.90. The molecule has 0 saturated carbocycles. The van der Waals surface area contributed by atoms with Gasteiger partial charge in [0.2, 0.25) is 15.9 Å². The maximum absolute atomic E-state index is 13.3. The van der Waals surface area contributed by atoms with E-state index in [0.29, 0.717) is 12.2 Å². The lowest BCUT2D eigenvalue weighted by Gasteiger charge is -2.21. The number of benzene rings is 2. The first-order chi connectivity index (χ1) is 13.5. The van der Waals surface area contributed by atoms with Gasteiger partial charge in [0.05, 0.1) is 11.4 Å². The van der Waals surface area contributed by atoms with Gasteiger partial charge in [-0.15, -0.1) is 0 Å². The van der Waals surface area contributed by atoms with Gasteiger partial charge in [0.15, 0.2) is 5.82 Å². The van der Waals surface area contributed by atoms with Crippen molar-refractivity contribution in [1.29, 1.82) is 0 Å². The first-order valence-electron chi connectivity index (χ1n) is 8.84. The molecule has 0 amide bonds. The zero-order valence-corrected chi connectivity index (χ0v) is 15.7. The molecule has 1 saturated heterocycles.